The van der Waals surface area contributed by atoms with Crippen molar-refractivity contribution in [2.75, 3.05) is 13.2 Å². The van der Waals surface area contributed by atoms with Gasteiger partial charge in [-0.25, -0.2) is 0 Å². The Labute approximate surface area is 236 Å². The third kappa shape index (κ3) is 3.11. The molecule has 3 fully saturated rings. The number of para-hydroxylation sites is 1. The van der Waals surface area contributed by atoms with Crippen LogP contribution in [-0.4, -0.2) is 34.2 Å². The SMILES string of the molecule is C=CCOC(c1ccnc2ccccc12)C1C23CC(C=C)C2CC[N@+]13Cc1c2ccccc2cc2ccccc12. The van der Waals surface area contributed by atoms with Crippen LogP contribution in [0.15, 0.2) is 116 Å². The minimum Gasteiger partial charge on any atom is -0.363 e. The maximum Gasteiger partial charge on any atom is 0.176 e. The average molecular weight is 524 g/mol. The first kappa shape index (κ1) is 24.0. The smallest absolute Gasteiger partial charge is 0.176 e. The number of aromatic nitrogens is 1. The molecule has 198 valence electrons. The second-order valence-corrected chi connectivity index (χ2v) is 12.1. The van der Waals surface area contributed by atoms with E-state index in [1.54, 1.807) is 0 Å². The summed E-state index contributed by atoms with van der Waals surface area (Å²) in [6.45, 7) is 11.0. The van der Waals surface area contributed by atoms with Crippen molar-refractivity contribution in [1.29, 1.82) is 0 Å². The van der Waals surface area contributed by atoms with Gasteiger partial charge in [-0.2, -0.15) is 0 Å². The van der Waals surface area contributed by atoms with E-state index in [4.69, 9.17) is 4.74 Å². The lowest BCUT2D eigenvalue weighted by molar-refractivity contribution is -0.851. The molecular weight excluding hydrogens is 488 g/mol. The zero-order valence-electron chi connectivity index (χ0n) is 22.9. The predicted octanol–water partition coefficient (Wildman–Crippen LogP) is 8.15. The first-order valence-electron chi connectivity index (χ1n) is 14.7. The summed E-state index contributed by atoms with van der Waals surface area (Å²) in [5.74, 6) is 1.27. The Morgan fingerprint density at radius 3 is 2.35 bits per heavy atom. The van der Waals surface area contributed by atoms with E-state index in [1.165, 1.54) is 57.4 Å². The molecule has 40 heavy (non-hydrogen) atoms. The molecule has 0 radical (unpaired) electrons. The Kier molecular flexibility index (Phi) is 5.32. The molecule has 1 aliphatic carbocycles. The zero-order chi connectivity index (χ0) is 26.9. The number of rotatable bonds is 8. The molecule has 1 spiro atoms. The summed E-state index contributed by atoms with van der Waals surface area (Å²) in [6, 6.07) is 31.4. The summed E-state index contributed by atoms with van der Waals surface area (Å²) >= 11 is 0. The lowest BCUT2D eigenvalue weighted by Gasteiger charge is -2.38. The highest BCUT2D eigenvalue weighted by Gasteiger charge is 2.91. The fraction of sp³-hybridized carbons (Fsp3) is 0.270. The number of quaternary nitrogens is 1. The van der Waals surface area contributed by atoms with Crippen LogP contribution in [0.5, 0.6) is 0 Å². The minimum absolute atomic E-state index is 0.0132. The maximum absolute atomic E-state index is 6.81. The maximum atomic E-state index is 6.81. The van der Waals surface area contributed by atoms with E-state index in [2.05, 4.69) is 109 Å². The Morgan fingerprint density at radius 1 is 0.925 bits per heavy atom. The molecule has 6 atom stereocenters. The molecule has 3 nitrogen and oxygen atoms in total. The van der Waals surface area contributed by atoms with Crippen LogP contribution in [0.2, 0.25) is 0 Å². The van der Waals surface area contributed by atoms with E-state index in [1.807, 2.05) is 12.3 Å². The molecule has 5 unspecified atom stereocenters. The van der Waals surface area contributed by atoms with Crippen LogP contribution < -0.4 is 0 Å². The summed E-state index contributed by atoms with van der Waals surface area (Å²) in [5.41, 5.74) is 4.02. The first-order valence-corrected chi connectivity index (χ1v) is 14.7. The van der Waals surface area contributed by atoms with Gasteiger partial charge in [0.1, 0.15) is 12.6 Å². The van der Waals surface area contributed by atoms with Crippen molar-refractivity contribution >= 4 is 32.4 Å². The first-order chi connectivity index (χ1) is 19.7. The Bertz CT molecular complexity index is 1750. The Morgan fingerprint density at radius 2 is 1.62 bits per heavy atom. The molecule has 4 aromatic carbocycles. The second-order valence-electron chi connectivity index (χ2n) is 12.1. The highest BCUT2D eigenvalue weighted by molar-refractivity contribution is 6.02. The van der Waals surface area contributed by atoms with Gasteiger partial charge in [-0.05, 0) is 51.2 Å². The molecule has 8 rings (SSSR count). The van der Waals surface area contributed by atoms with Gasteiger partial charge in [-0.3, -0.25) is 9.47 Å². The van der Waals surface area contributed by atoms with Crippen LogP contribution in [0.3, 0.4) is 0 Å². The quantitative estimate of drug-likeness (QED) is 0.0886. The number of fused-ring (bicyclic) bond motifs is 3. The summed E-state index contributed by atoms with van der Waals surface area (Å²) in [7, 11) is 0. The van der Waals surface area contributed by atoms with Crippen molar-refractivity contribution in [2.45, 2.75) is 37.1 Å². The summed E-state index contributed by atoms with van der Waals surface area (Å²) in [6.07, 6.45) is 8.53. The van der Waals surface area contributed by atoms with Crippen LogP contribution in [0.25, 0.3) is 32.4 Å². The fourth-order valence-electron chi connectivity index (χ4n) is 9.10. The third-order valence-corrected chi connectivity index (χ3v) is 10.7. The Hall–Kier alpha value is -3.79. The summed E-state index contributed by atoms with van der Waals surface area (Å²) in [5, 5.41) is 6.63. The zero-order valence-corrected chi connectivity index (χ0v) is 22.9. The molecule has 0 bridgehead atoms. The number of piperidine rings is 1. The summed E-state index contributed by atoms with van der Waals surface area (Å²) in [4.78, 5) is 4.69. The normalized spacial score (nSPS) is 29.1. The topological polar surface area (TPSA) is 22.1 Å². The van der Waals surface area contributed by atoms with E-state index < -0.39 is 0 Å². The van der Waals surface area contributed by atoms with Crippen LogP contribution in [0.4, 0.5) is 0 Å². The van der Waals surface area contributed by atoms with Crippen LogP contribution in [0.1, 0.15) is 30.1 Å². The molecule has 0 amide bonds. The third-order valence-electron chi connectivity index (χ3n) is 10.7. The molecule has 1 aromatic heterocycles. The molecule has 5 aromatic rings. The molecule has 2 saturated heterocycles. The standard InChI is InChI=1S/C37H35N2O/c1-3-21-40-35(31-17-19-38-34-16-10-9-15-30(31)34)36-37-23-25(4-2)33(37)18-20-39(36,37)24-32-28-13-7-5-11-26(28)22-27-12-6-8-14-29(27)32/h3-17,19,22,25,33,35-36H,1-2,18,20-21,23-24H2/q+1/t25?,33?,35?,36?,37?,39-/m0/s1. The number of benzene rings is 4. The molecule has 3 heterocycles. The van der Waals surface area contributed by atoms with Crippen LogP contribution in [-0.2, 0) is 11.3 Å². The van der Waals surface area contributed by atoms with Crippen molar-refractivity contribution in [2.24, 2.45) is 11.8 Å². The molecule has 1 saturated carbocycles. The van der Waals surface area contributed by atoms with Crippen LogP contribution >= 0.6 is 0 Å². The van der Waals surface area contributed by atoms with E-state index in [0.717, 1.165) is 16.5 Å². The molecule has 3 aliphatic rings. The van der Waals surface area contributed by atoms with Gasteiger partial charge in [-0.1, -0.05) is 78.9 Å². The number of pyridine rings is 1. The van der Waals surface area contributed by atoms with Gasteiger partial charge in [0.15, 0.2) is 11.6 Å². The Balaban J connectivity index is 1.31. The van der Waals surface area contributed by atoms with E-state index >= 15 is 0 Å². The van der Waals surface area contributed by atoms with Gasteiger partial charge in [0.2, 0.25) is 0 Å². The highest BCUT2D eigenvalue weighted by atomic mass is 16.5. The molecule has 3 heteroatoms. The van der Waals surface area contributed by atoms with Gasteiger partial charge < -0.3 is 4.74 Å². The monoisotopic (exact) mass is 523 g/mol. The van der Waals surface area contributed by atoms with Crippen molar-refractivity contribution < 1.29 is 9.22 Å². The van der Waals surface area contributed by atoms with Gasteiger partial charge in [0.25, 0.3) is 0 Å². The van der Waals surface area contributed by atoms with Gasteiger partial charge in [0.05, 0.1) is 18.7 Å². The minimum atomic E-state index is -0.0132. The molecule has 0 N–H and O–H groups in total. The van der Waals surface area contributed by atoms with E-state index in [-0.39, 0.29) is 11.6 Å². The van der Waals surface area contributed by atoms with E-state index in [9.17, 15) is 0 Å². The summed E-state index contributed by atoms with van der Waals surface area (Å²) < 4.78 is 7.92. The lowest BCUT2D eigenvalue weighted by atomic mass is 9.61. The molecular formula is C37H35N2O+. The predicted molar refractivity (Wildman–Crippen MR) is 164 cm³/mol. The van der Waals surface area contributed by atoms with Crippen molar-refractivity contribution in [3.8, 4) is 0 Å². The lowest BCUT2D eigenvalue weighted by Crippen LogP contribution is -2.46. The number of ether oxygens (including phenoxy) is 1. The van der Waals surface area contributed by atoms with Gasteiger partial charge in [0, 0.05) is 35.9 Å². The van der Waals surface area contributed by atoms with Gasteiger partial charge in [-0.15, -0.1) is 13.2 Å². The number of hydrogen-bond donors (Lipinski definition) is 0. The fourth-order valence-corrected chi connectivity index (χ4v) is 9.10. The number of nitrogens with zero attached hydrogens (tertiary/aromatic N) is 2. The van der Waals surface area contributed by atoms with Crippen LogP contribution in [0, 0.1) is 11.8 Å². The number of hydrogen-bond acceptors (Lipinski definition) is 2. The average Bonchev–Trinajstić information content (AvgIpc) is 3.49. The number of allylic oxidation sites excluding steroid dienone is 1. The van der Waals surface area contributed by atoms with Crippen molar-refractivity contribution in [3.63, 3.8) is 0 Å². The molecule has 2 aliphatic heterocycles. The van der Waals surface area contributed by atoms with Gasteiger partial charge >= 0.3 is 0 Å². The van der Waals surface area contributed by atoms with E-state index in [0.29, 0.717) is 24.5 Å². The second kappa shape index (κ2) is 8.86. The van der Waals surface area contributed by atoms with Crippen molar-refractivity contribution in [3.05, 3.63) is 128 Å². The van der Waals surface area contributed by atoms with Crippen molar-refractivity contribution in [1.82, 2.24) is 4.98 Å². The highest BCUT2D eigenvalue weighted by Crippen LogP contribution is 2.76. The largest absolute Gasteiger partial charge is 0.363 e.